The third-order valence-electron chi connectivity index (χ3n) is 4.27. The SMILES string of the molecule is Cc1nnc(-c2ccc(C(=O)N3CCCCC3C(C)O)cc2)o1. The lowest BCUT2D eigenvalue weighted by Crippen LogP contribution is -2.48. The number of benzene rings is 1. The summed E-state index contributed by atoms with van der Waals surface area (Å²) in [5, 5.41) is 17.7. The number of carbonyl (C=O) groups is 1. The van der Waals surface area contributed by atoms with Crippen molar-refractivity contribution in [1.29, 1.82) is 0 Å². The molecule has 3 rings (SSSR count). The van der Waals surface area contributed by atoms with Gasteiger partial charge in [0.1, 0.15) is 0 Å². The van der Waals surface area contributed by atoms with Crippen LogP contribution >= 0.6 is 0 Å². The fraction of sp³-hybridized carbons (Fsp3) is 0.471. The van der Waals surface area contributed by atoms with Gasteiger partial charge in [0, 0.05) is 24.6 Å². The number of amides is 1. The minimum atomic E-state index is -0.514. The van der Waals surface area contributed by atoms with Gasteiger partial charge in [-0.3, -0.25) is 4.79 Å². The number of rotatable bonds is 3. The molecule has 0 spiro atoms. The molecule has 6 nitrogen and oxygen atoms in total. The molecule has 1 aromatic carbocycles. The van der Waals surface area contributed by atoms with Gasteiger partial charge in [0.2, 0.25) is 11.8 Å². The van der Waals surface area contributed by atoms with Gasteiger partial charge >= 0.3 is 0 Å². The van der Waals surface area contributed by atoms with Crippen molar-refractivity contribution >= 4 is 5.91 Å². The van der Waals surface area contributed by atoms with Gasteiger partial charge in [-0.2, -0.15) is 0 Å². The Morgan fingerprint density at radius 1 is 1.30 bits per heavy atom. The Hall–Kier alpha value is -2.21. The van der Waals surface area contributed by atoms with Crippen LogP contribution in [0.3, 0.4) is 0 Å². The molecule has 1 aliphatic heterocycles. The van der Waals surface area contributed by atoms with Crippen LogP contribution in [0.15, 0.2) is 28.7 Å². The molecule has 1 aliphatic rings. The molecule has 122 valence electrons. The highest BCUT2D eigenvalue weighted by Crippen LogP contribution is 2.24. The van der Waals surface area contributed by atoms with Crippen LogP contribution in [0.5, 0.6) is 0 Å². The summed E-state index contributed by atoms with van der Waals surface area (Å²) in [6.45, 7) is 4.18. The van der Waals surface area contributed by atoms with Crippen LogP contribution in [0.25, 0.3) is 11.5 Å². The van der Waals surface area contributed by atoms with Crippen molar-refractivity contribution < 1.29 is 14.3 Å². The largest absolute Gasteiger partial charge is 0.421 e. The van der Waals surface area contributed by atoms with Crippen LogP contribution in [0.4, 0.5) is 0 Å². The number of carbonyl (C=O) groups excluding carboxylic acids is 1. The maximum atomic E-state index is 12.7. The second kappa shape index (κ2) is 6.50. The van der Waals surface area contributed by atoms with Crippen molar-refractivity contribution in [1.82, 2.24) is 15.1 Å². The Kier molecular flexibility index (Phi) is 4.43. The lowest BCUT2D eigenvalue weighted by molar-refractivity contribution is 0.0281. The van der Waals surface area contributed by atoms with Crippen molar-refractivity contribution in [3.05, 3.63) is 35.7 Å². The van der Waals surface area contributed by atoms with Crippen molar-refractivity contribution in [3.63, 3.8) is 0 Å². The van der Waals surface area contributed by atoms with Gasteiger partial charge in [-0.25, -0.2) is 0 Å². The molecule has 6 heteroatoms. The van der Waals surface area contributed by atoms with Crippen LogP contribution in [0.2, 0.25) is 0 Å². The second-order valence-electron chi connectivity index (χ2n) is 6.01. The van der Waals surface area contributed by atoms with E-state index in [0.29, 0.717) is 23.9 Å². The lowest BCUT2D eigenvalue weighted by Gasteiger charge is -2.37. The molecule has 2 heterocycles. The predicted molar refractivity (Wildman–Crippen MR) is 84.8 cm³/mol. The Balaban J connectivity index is 1.79. The summed E-state index contributed by atoms with van der Waals surface area (Å²) in [6.07, 6.45) is 2.37. The number of hydrogen-bond donors (Lipinski definition) is 1. The van der Waals surface area contributed by atoms with Gasteiger partial charge in [-0.1, -0.05) is 0 Å². The number of aliphatic hydroxyl groups excluding tert-OH is 1. The zero-order valence-electron chi connectivity index (χ0n) is 13.4. The monoisotopic (exact) mass is 315 g/mol. The van der Waals surface area contributed by atoms with Gasteiger partial charge in [0.25, 0.3) is 5.91 Å². The van der Waals surface area contributed by atoms with E-state index in [-0.39, 0.29) is 11.9 Å². The number of aliphatic hydroxyl groups is 1. The van der Waals surface area contributed by atoms with E-state index in [1.54, 1.807) is 30.9 Å². The maximum absolute atomic E-state index is 12.7. The molecular formula is C17H21N3O3. The second-order valence-corrected chi connectivity index (χ2v) is 6.01. The van der Waals surface area contributed by atoms with E-state index in [9.17, 15) is 9.90 Å². The number of aryl methyl sites for hydroxylation is 1. The van der Waals surface area contributed by atoms with Crippen LogP contribution in [-0.2, 0) is 0 Å². The van der Waals surface area contributed by atoms with Crippen molar-refractivity contribution in [2.75, 3.05) is 6.54 Å². The molecule has 1 amide bonds. The Bertz CT molecular complexity index is 679. The zero-order valence-corrected chi connectivity index (χ0v) is 13.4. The molecule has 1 fully saturated rings. The fourth-order valence-electron chi connectivity index (χ4n) is 3.05. The van der Waals surface area contributed by atoms with Crippen LogP contribution in [0.1, 0.15) is 42.4 Å². The predicted octanol–water partition coefficient (Wildman–Crippen LogP) is 2.42. The van der Waals surface area contributed by atoms with E-state index in [4.69, 9.17) is 4.42 Å². The highest BCUT2D eigenvalue weighted by atomic mass is 16.4. The van der Waals surface area contributed by atoms with E-state index in [1.807, 2.05) is 12.1 Å². The van der Waals surface area contributed by atoms with Gasteiger partial charge in [-0.15, -0.1) is 10.2 Å². The molecular weight excluding hydrogens is 294 g/mol. The molecule has 0 bridgehead atoms. The average molecular weight is 315 g/mol. The third kappa shape index (κ3) is 3.27. The molecule has 23 heavy (non-hydrogen) atoms. The van der Waals surface area contributed by atoms with Crippen molar-refractivity contribution in [2.45, 2.75) is 45.3 Å². The standard InChI is InChI=1S/C17H21N3O3/c1-11(21)15-5-3-4-10-20(15)17(22)14-8-6-13(7-9-14)16-19-18-12(2)23-16/h6-9,11,15,21H,3-5,10H2,1-2H3. The first-order chi connectivity index (χ1) is 11.1. The summed E-state index contributed by atoms with van der Waals surface area (Å²) in [7, 11) is 0. The summed E-state index contributed by atoms with van der Waals surface area (Å²) in [4.78, 5) is 14.5. The number of likely N-dealkylation sites (tertiary alicyclic amines) is 1. The van der Waals surface area contributed by atoms with Crippen molar-refractivity contribution in [2.24, 2.45) is 0 Å². The Morgan fingerprint density at radius 3 is 2.65 bits per heavy atom. The number of hydrogen-bond acceptors (Lipinski definition) is 5. The number of piperidine rings is 1. The molecule has 2 atom stereocenters. The topological polar surface area (TPSA) is 79.5 Å². The highest BCUT2D eigenvalue weighted by molar-refractivity contribution is 5.95. The van der Waals surface area contributed by atoms with Crippen LogP contribution in [0, 0.1) is 6.92 Å². The number of nitrogens with zero attached hydrogens (tertiary/aromatic N) is 3. The summed E-state index contributed by atoms with van der Waals surface area (Å²) < 4.78 is 5.38. The first-order valence-corrected chi connectivity index (χ1v) is 7.96. The maximum Gasteiger partial charge on any atom is 0.254 e. The lowest BCUT2D eigenvalue weighted by atomic mass is 9.97. The smallest absolute Gasteiger partial charge is 0.254 e. The van der Waals surface area contributed by atoms with Crippen molar-refractivity contribution in [3.8, 4) is 11.5 Å². The quantitative estimate of drug-likeness (QED) is 0.941. The Morgan fingerprint density at radius 2 is 2.04 bits per heavy atom. The fourth-order valence-corrected chi connectivity index (χ4v) is 3.05. The normalized spacial score (nSPS) is 19.6. The molecule has 2 unspecified atom stereocenters. The molecule has 0 saturated carbocycles. The van der Waals surface area contributed by atoms with E-state index in [1.165, 1.54) is 0 Å². The van der Waals surface area contributed by atoms with Crippen LogP contribution in [-0.4, -0.2) is 44.8 Å². The van der Waals surface area contributed by atoms with E-state index >= 15 is 0 Å². The van der Waals surface area contributed by atoms with E-state index < -0.39 is 6.10 Å². The summed E-state index contributed by atoms with van der Waals surface area (Å²) in [5.74, 6) is 0.915. The molecule has 0 aliphatic carbocycles. The number of aromatic nitrogens is 2. The molecule has 1 saturated heterocycles. The molecule has 1 N–H and O–H groups in total. The van der Waals surface area contributed by atoms with Gasteiger partial charge < -0.3 is 14.4 Å². The minimum Gasteiger partial charge on any atom is -0.421 e. The molecule has 1 aromatic heterocycles. The summed E-state index contributed by atoms with van der Waals surface area (Å²) >= 11 is 0. The van der Waals surface area contributed by atoms with Gasteiger partial charge in [0.05, 0.1) is 12.1 Å². The van der Waals surface area contributed by atoms with Gasteiger partial charge in [0.15, 0.2) is 0 Å². The summed E-state index contributed by atoms with van der Waals surface area (Å²) in [6, 6.07) is 7.05. The summed E-state index contributed by atoms with van der Waals surface area (Å²) in [5.41, 5.74) is 1.39. The molecule has 2 aromatic rings. The Labute approximate surface area is 135 Å². The van der Waals surface area contributed by atoms with E-state index in [2.05, 4.69) is 10.2 Å². The first-order valence-electron chi connectivity index (χ1n) is 7.96. The van der Waals surface area contributed by atoms with Gasteiger partial charge in [-0.05, 0) is 50.5 Å². The highest BCUT2D eigenvalue weighted by Gasteiger charge is 2.30. The van der Waals surface area contributed by atoms with Crippen LogP contribution < -0.4 is 0 Å². The minimum absolute atomic E-state index is 0.0381. The molecule has 0 radical (unpaired) electrons. The average Bonchev–Trinajstić information content (AvgIpc) is 3.01. The zero-order chi connectivity index (χ0) is 16.4. The van der Waals surface area contributed by atoms with E-state index in [0.717, 1.165) is 24.8 Å². The third-order valence-corrected chi connectivity index (χ3v) is 4.27. The first kappa shape index (κ1) is 15.7.